The zero-order chi connectivity index (χ0) is 18.7. The molecule has 4 nitrogen and oxygen atoms in total. The van der Waals surface area contributed by atoms with Gasteiger partial charge in [0.15, 0.2) is 0 Å². The fourth-order valence-corrected chi connectivity index (χ4v) is 4.52. The lowest BCUT2D eigenvalue weighted by Gasteiger charge is -2.38. The van der Waals surface area contributed by atoms with Gasteiger partial charge in [0.25, 0.3) is 0 Å². The molecule has 0 spiro atoms. The van der Waals surface area contributed by atoms with Crippen LogP contribution in [-0.2, 0) is 16.0 Å². The van der Waals surface area contributed by atoms with E-state index in [9.17, 15) is 9.59 Å². The molecule has 0 saturated carbocycles. The highest BCUT2D eigenvalue weighted by molar-refractivity contribution is 7.10. The highest BCUT2D eigenvalue weighted by Crippen LogP contribution is 2.37. The number of hydrogen-bond donors (Lipinski definition) is 0. The molecule has 1 aliphatic rings. The van der Waals surface area contributed by atoms with Gasteiger partial charge in [-0.3, -0.25) is 9.59 Å². The van der Waals surface area contributed by atoms with Gasteiger partial charge in [-0.1, -0.05) is 37.3 Å². The fraction of sp³-hybridized carbons (Fsp3) is 0.429. The van der Waals surface area contributed by atoms with E-state index in [4.69, 9.17) is 0 Å². The lowest BCUT2D eigenvalue weighted by molar-refractivity contribution is -0.142. The first-order chi connectivity index (χ1) is 12.5. The quantitative estimate of drug-likeness (QED) is 0.802. The van der Waals surface area contributed by atoms with Crippen LogP contribution in [0.25, 0.3) is 0 Å². The molecular formula is C21H26N2O2S. The molecule has 2 amide bonds. The second-order valence-corrected chi connectivity index (χ2v) is 7.85. The van der Waals surface area contributed by atoms with E-state index in [0.717, 1.165) is 18.4 Å². The Morgan fingerprint density at radius 2 is 2.00 bits per heavy atom. The summed E-state index contributed by atoms with van der Waals surface area (Å²) in [5.74, 6) is -0.0246. The average Bonchev–Trinajstić information content (AvgIpc) is 3.13. The number of fused-ring (bicyclic) bond motifs is 1. The van der Waals surface area contributed by atoms with E-state index in [1.165, 1.54) is 10.4 Å². The second-order valence-electron chi connectivity index (χ2n) is 6.85. The van der Waals surface area contributed by atoms with Crippen molar-refractivity contribution >= 4 is 23.2 Å². The largest absolute Gasteiger partial charge is 0.331 e. The van der Waals surface area contributed by atoms with E-state index >= 15 is 0 Å². The first kappa shape index (κ1) is 18.6. The summed E-state index contributed by atoms with van der Waals surface area (Å²) in [6.45, 7) is 6.42. The summed E-state index contributed by atoms with van der Waals surface area (Å²) in [5, 5.41) is 2.11. The van der Waals surface area contributed by atoms with Gasteiger partial charge in [-0.25, -0.2) is 0 Å². The molecule has 1 aromatic heterocycles. The molecule has 2 aromatic rings. The van der Waals surface area contributed by atoms with Crippen LogP contribution in [0.2, 0.25) is 0 Å². The van der Waals surface area contributed by atoms with Crippen LogP contribution >= 0.6 is 11.3 Å². The number of nitrogens with zero attached hydrogens (tertiary/aromatic N) is 2. The van der Waals surface area contributed by atoms with E-state index in [0.29, 0.717) is 6.54 Å². The van der Waals surface area contributed by atoms with Gasteiger partial charge in [0.2, 0.25) is 11.8 Å². The number of benzene rings is 1. The average molecular weight is 371 g/mol. The van der Waals surface area contributed by atoms with Crippen LogP contribution in [0.3, 0.4) is 0 Å². The molecule has 0 saturated heterocycles. The van der Waals surface area contributed by atoms with Crippen molar-refractivity contribution in [1.29, 1.82) is 0 Å². The summed E-state index contributed by atoms with van der Waals surface area (Å²) in [4.78, 5) is 30.2. The Morgan fingerprint density at radius 1 is 1.27 bits per heavy atom. The zero-order valence-electron chi connectivity index (χ0n) is 15.6. The first-order valence-electron chi connectivity index (χ1n) is 9.20. The highest BCUT2D eigenvalue weighted by Gasteiger charge is 2.34. The molecule has 0 radical (unpaired) electrons. The summed E-state index contributed by atoms with van der Waals surface area (Å²) >= 11 is 1.76. The Labute approximate surface area is 159 Å². The molecule has 2 atom stereocenters. The number of hydrogen-bond acceptors (Lipinski definition) is 3. The molecule has 0 unspecified atom stereocenters. The SMILES string of the molecule is CC[C@H](C)N(CC(=O)N1CCc2sccc2[C@@H]1c1ccccc1)C(C)=O. The fourth-order valence-electron chi connectivity index (χ4n) is 3.61. The maximum Gasteiger partial charge on any atom is 0.243 e. The lowest BCUT2D eigenvalue weighted by Crippen LogP contribution is -2.48. The zero-order valence-corrected chi connectivity index (χ0v) is 16.5. The summed E-state index contributed by atoms with van der Waals surface area (Å²) in [6.07, 6.45) is 1.72. The van der Waals surface area contributed by atoms with Crippen molar-refractivity contribution in [3.05, 3.63) is 57.8 Å². The number of carbonyl (C=O) groups is 2. The Morgan fingerprint density at radius 3 is 2.65 bits per heavy atom. The van der Waals surface area contributed by atoms with Gasteiger partial charge in [-0.05, 0) is 42.3 Å². The molecule has 5 heteroatoms. The van der Waals surface area contributed by atoms with Crippen molar-refractivity contribution in [3.8, 4) is 0 Å². The summed E-state index contributed by atoms with van der Waals surface area (Å²) < 4.78 is 0. The van der Waals surface area contributed by atoms with Crippen LogP contribution in [0, 0.1) is 0 Å². The standard InChI is InChI=1S/C21H26N2O2S/c1-4-15(2)23(16(3)24)14-20(25)22-12-10-19-18(11-13-26-19)21(22)17-8-6-5-7-9-17/h5-9,11,13,15,21H,4,10,12,14H2,1-3H3/t15-,21-/m0/s1. The maximum absolute atomic E-state index is 13.2. The minimum Gasteiger partial charge on any atom is -0.331 e. The predicted molar refractivity (Wildman–Crippen MR) is 105 cm³/mol. The van der Waals surface area contributed by atoms with Gasteiger partial charge in [0, 0.05) is 24.4 Å². The molecule has 1 aliphatic heterocycles. The first-order valence-corrected chi connectivity index (χ1v) is 10.1. The van der Waals surface area contributed by atoms with Crippen molar-refractivity contribution in [1.82, 2.24) is 9.80 Å². The van der Waals surface area contributed by atoms with Gasteiger partial charge >= 0.3 is 0 Å². The predicted octanol–water partition coefficient (Wildman–Crippen LogP) is 3.87. The van der Waals surface area contributed by atoms with Crippen LogP contribution < -0.4 is 0 Å². The molecule has 0 fully saturated rings. The summed E-state index contributed by atoms with van der Waals surface area (Å²) in [5.41, 5.74) is 2.34. The third-order valence-electron chi connectivity index (χ3n) is 5.23. The van der Waals surface area contributed by atoms with Gasteiger partial charge < -0.3 is 9.80 Å². The van der Waals surface area contributed by atoms with E-state index in [1.807, 2.05) is 36.9 Å². The summed E-state index contributed by atoms with van der Waals surface area (Å²) in [7, 11) is 0. The van der Waals surface area contributed by atoms with E-state index in [-0.39, 0.29) is 30.4 Å². The molecule has 0 N–H and O–H groups in total. The Balaban J connectivity index is 1.90. The van der Waals surface area contributed by atoms with Crippen molar-refractivity contribution in [2.75, 3.05) is 13.1 Å². The van der Waals surface area contributed by atoms with Crippen molar-refractivity contribution < 1.29 is 9.59 Å². The van der Waals surface area contributed by atoms with Crippen LogP contribution in [0.15, 0.2) is 41.8 Å². The monoisotopic (exact) mass is 370 g/mol. The van der Waals surface area contributed by atoms with Crippen molar-refractivity contribution in [2.45, 2.75) is 45.7 Å². The van der Waals surface area contributed by atoms with Gasteiger partial charge in [-0.2, -0.15) is 0 Å². The molecule has 0 aliphatic carbocycles. The highest BCUT2D eigenvalue weighted by atomic mass is 32.1. The normalized spacial score (nSPS) is 17.5. The van der Waals surface area contributed by atoms with Crippen molar-refractivity contribution in [2.24, 2.45) is 0 Å². The molecular weight excluding hydrogens is 344 g/mol. The Hall–Kier alpha value is -2.14. The number of rotatable bonds is 5. The smallest absolute Gasteiger partial charge is 0.243 e. The van der Waals surface area contributed by atoms with Crippen LogP contribution in [0.1, 0.15) is 49.2 Å². The molecule has 2 heterocycles. The molecule has 0 bridgehead atoms. The van der Waals surface area contributed by atoms with E-state index in [1.54, 1.807) is 23.2 Å². The molecule has 3 rings (SSSR count). The third kappa shape index (κ3) is 3.68. The molecule has 1 aromatic carbocycles. The van der Waals surface area contributed by atoms with Crippen LogP contribution in [0.5, 0.6) is 0 Å². The lowest BCUT2D eigenvalue weighted by atomic mass is 9.93. The van der Waals surface area contributed by atoms with Crippen LogP contribution in [0.4, 0.5) is 0 Å². The topological polar surface area (TPSA) is 40.6 Å². The van der Waals surface area contributed by atoms with E-state index in [2.05, 4.69) is 23.6 Å². The second kappa shape index (κ2) is 8.04. The number of carbonyl (C=O) groups excluding carboxylic acids is 2. The maximum atomic E-state index is 13.2. The number of thiophene rings is 1. The minimum absolute atomic E-state index is 0.0196. The van der Waals surface area contributed by atoms with Crippen molar-refractivity contribution in [3.63, 3.8) is 0 Å². The third-order valence-corrected chi connectivity index (χ3v) is 6.23. The molecule has 138 valence electrons. The van der Waals surface area contributed by atoms with Gasteiger partial charge in [-0.15, -0.1) is 11.3 Å². The van der Waals surface area contributed by atoms with Gasteiger partial charge in [0.1, 0.15) is 6.54 Å². The molecule has 26 heavy (non-hydrogen) atoms. The number of amides is 2. The summed E-state index contributed by atoms with van der Waals surface area (Å²) in [6, 6.07) is 12.3. The Bertz CT molecular complexity index is 771. The Kier molecular flexibility index (Phi) is 5.77. The minimum atomic E-state index is -0.0653. The van der Waals surface area contributed by atoms with Gasteiger partial charge in [0.05, 0.1) is 6.04 Å². The van der Waals surface area contributed by atoms with Crippen LogP contribution in [-0.4, -0.2) is 40.7 Å². The van der Waals surface area contributed by atoms with E-state index < -0.39 is 0 Å².